The zero-order valence-corrected chi connectivity index (χ0v) is 12.6. The third kappa shape index (κ3) is 2.86. The average molecular weight is 336 g/mol. The van der Waals surface area contributed by atoms with Gasteiger partial charge in [0, 0.05) is 17.2 Å². The number of hydrogen-bond donors (Lipinski definition) is 1. The van der Waals surface area contributed by atoms with Crippen LogP contribution in [-0.4, -0.2) is 12.2 Å². The molecule has 2 nitrogen and oxygen atoms in total. The SMILES string of the molecule is COc1cc(Cl)c(C(O)c2cccc(F)c2Cl)cc1Cl. The van der Waals surface area contributed by atoms with E-state index in [1.165, 1.54) is 37.4 Å². The molecule has 6 heteroatoms. The van der Waals surface area contributed by atoms with Crippen molar-refractivity contribution in [3.63, 3.8) is 0 Å². The third-order valence-corrected chi connectivity index (χ3v) is 3.86. The van der Waals surface area contributed by atoms with E-state index < -0.39 is 11.9 Å². The van der Waals surface area contributed by atoms with Crippen LogP contribution < -0.4 is 4.74 Å². The second kappa shape index (κ2) is 6.19. The van der Waals surface area contributed by atoms with Crippen LogP contribution in [-0.2, 0) is 0 Å². The van der Waals surface area contributed by atoms with Gasteiger partial charge in [0.25, 0.3) is 0 Å². The first kappa shape index (κ1) is 15.4. The molecule has 0 heterocycles. The summed E-state index contributed by atoms with van der Waals surface area (Å²) in [4.78, 5) is 0. The third-order valence-electron chi connectivity index (χ3n) is 2.84. The van der Waals surface area contributed by atoms with Crippen LogP contribution in [0.15, 0.2) is 30.3 Å². The van der Waals surface area contributed by atoms with E-state index in [0.29, 0.717) is 16.3 Å². The zero-order valence-electron chi connectivity index (χ0n) is 10.3. The lowest BCUT2D eigenvalue weighted by atomic mass is 10.0. The highest BCUT2D eigenvalue weighted by Crippen LogP contribution is 2.38. The molecule has 0 amide bonds. The summed E-state index contributed by atoms with van der Waals surface area (Å²) in [7, 11) is 1.46. The highest BCUT2D eigenvalue weighted by atomic mass is 35.5. The number of halogens is 4. The Hall–Kier alpha value is -1.00. The fraction of sp³-hybridized carbons (Fsp3) is 0.143. The summed E-state index contributed by atoms with van der Waals surface area (Å²) in [6, 6.07) is 7.13. The zero-order chi connectivity index (χ0) is 14.9. The van der Waals surface area contributed by atoms with Crippen LogP contribution in [0.5, 0.6) is 5.75 Å². The molecule has 20 heavy (non-hydrogen) atoms. The molecule has 0 spiro atoms. The van der Waals surface area contributed by atoms with E-state index in [-0.39, 0.29) is 15.6 Å². The predicted molar refractivity (Wildman–Crippen MR) is 78.5 cm³/mol. The average Bonchev–Trinajstić information content (AvgIpc) is 2.43. The maximum absolute atomic E-state index is 13.4. The summed E-state index contributed by atoms with van der Waals surface area (Å²) in [5.41, 5.74) is 0.541. The number of rotatable bonds is 3. The van der Waals surface area contributed by atoms with Crippen molar-refractivity contribution in [3.05, 3.63) is 62.3 Å². The van der Waals surface area contributed by atoms with Crippen LogP contribution >= 0.6 is 34.8 Å². The van der Waals surface area contributed by atoms with Crippen molar-refractivity contribution in [1.82, 2.24) is 0 Å². The number of aliphatic hydroxyl groups is 1. The molecule has 0 radical (unpaired) electrons. The Morgan fingerprint density at radius 1 is 1.10 bits per heavy atom. The Kier molecular flexibility index (Phi) is 4.76. The first-order valence-electron chi connectivity index (χ1n) is 5.60. The van der Waals surface area contributed by atoms with E-state index in [1.54, 1.807) is 0 Å². The molecular weight excluding hydrogens is 326 g/mol. The van der Waals surface area contributed by atoms with Gasteiger partial charge < -0.3 is 9.84 Å². The monoisotopic (exact) mass is 334 g/mol. The van der Waals surface area contributed by atoms with Gasteiger partial charge in [0.15, 0.2) is 0 Å². The van der Waals surface area contributed by atoms with Crippen molar-refractivity contribution >= 4 is 34.8 Å². The van der Waals surface area contributed by atoms with Gasteiger partial charge >= 0.3 is 0 Å². The Morgan fingerprint density at radius 3 is 2.45 bits per heavy atom. The van der Waals surface area contributed by atoms with E-state index in [2.05, 4.69) is 0 Å². The number of aliphatic hydroxyl groups excluding tert-OH is 1. The van der Waals surface area contributed by atoms with Crippen LogP contribution in [0.2, 0.25) is 15.1 Å². The van der Waals surface area contributed by atoms with Crippen molar-refractivity contribution in [2.24, 2.45) is 0 Å². The van der Waals surface area contributed by atoms with E-state index in [4.69, 9.17) is 39.5 Å². The fourth-order valence-corrected chi connectivity index (χ4v) is 2.54. The second-order valence-electron chi connectivity index (χ2n) is 4.05. The summed E-state index contributed by atoms with van der Waals surface area (Å²) in [5.74, 6) is -0.225. The van der Waals surface area contributed by atoms with Crippen molar-refractivity contribution in [2.75, 3.05) is 7.11 Å². The summed E-state index contributed by atoms with van der Waals surface area (Å²) in [5, 5.41) is 10.7. The van der Waals surface area contributed by atoms with Gasteiger partial charge in [-0.05, 0) is 12.1 Å². The molecule has 0 saturated heterocycles. The van der Waals surface area contributed by atoms with Crippen LogP contribution in [0.4, 0.5) is 4.39 Å². The molecule has 0 aromatic heterocycles. The van der Waals surface area contributed by atoms with Crippen molar-refractivity contribution < 1.29 is 14.2 Å². The van der Waals surface area contributed by atoms with Gasteiger partial charge in [0.05, 0.1) is 22.2 Å². The summed E-state index contributed by atoms with van der Waals surface area (Å²) < 4.78 is 18.5. The molecule has 0 fully saturated rings. The molecular formula is C14H10Cl3FO2. The van der Waals surface area contributed by atoms with Gasteiger partial charge in [-0.3, -0.25) is 0 Å². The second-order valence-corrected chi connectivity index (χ2v) is 5.25. The van der Waals surface area contributed by atoms with Crippen LogP contribution in [0, 0.1) is 5.82 Å². The highest BCUT2D eigenvalue weighted by molar-refractivity contribution is 6.35. The minimum atomic E-state index is -1.19. The first-order chi connectivity index (χ1) is 9.45. The molecule has 0 aliphatic carbocycles. The largest absolute Gasteiger partial charge is 0.495 e. The van der Waals surface area contributed by atoms with Crippen LogP contribution in [0.3, 0.4) is 0 Å². The highest BCUT2D eigenvalue weighted by Gasteiger charge is 2.20. The molecule has 1 unspecified atom stereocenters. The van der Waals surface area contributed by atoms with Crippen LogP contribution in [0.1, 0.15) is 17.2 Å². The Morgan fingerprint density at radius 2 is 1.80 bits per heavy atom. The quantitative estimate of drug-likeness (QED) is 0.866. The van der Waals surface area contributed by atoms with Gasteiger partial charge in [-0.25, -0.2) is 4.39 Å². The first-order valence-corrected chi connectivity index (χ1v) is 6.74. The molecule has 1 atom stereocenters. The summed E-state index contributed by atoms with van der Waals surface area (Å²) >= 11 is 17.9. The molecule has 0 aliphatic heterocycles. The Bertz CT molecular complexity index is 647. The predicted octanol–water partition coefficient (Wildman–Crippen LogP) is 4.88. The molecule has 2 aromatic carbocycles. The normalized spacial score (nSPS) is 12.3. The topological polar surface area (TPSA) is 29.5 Å². The molecule has 106 valence electrons. The number of ether oxygens (including phenoxy) is 1. The lowest BCUT2D eigenvalue weighted by molar-refractivity contribution is 0.220. The maximum Gasteiger partial charge on any atom is 0.142 e. The van der Waals surface area contributed by atoms with Crippen molar-refractivity contribution in [2.45, 2.75) is 6.10 Å². The summed E-state index contributed by atoms with van der Waals surface area (Å²) in [6.07, 6.45) is -1.19. The van der Waals surface area contributed by atoms with Gasteiger partial charge in [0.2, 0.25) is 0 Å². The van der Waals surface area contributed by atoms with Crippen molar-refractivity contribution in [1.29, 1.82) is 0 Å². The number of benzene rings is 2. The van der Waals surface area contributed by atoms with Gasteiger partial charge in [0.1, 0.15) is 17.7 Å². The minimum Gasteiger partial charge on any atom is -0.495 e. The standard InChI is InChI=1S/C14H10Cl3FO2/c1-20-12-6-9(15)8(5-10(12)16)14(19)7-3-2-4-11(18)13(7)17/h2-6,14,19H,1H3. The lowest BCUT2D eigenvalue weighted by Crippen LogP contribution is -2.03. The summed E-state index contributed by atoms with van der Waals surface area (Å²) in [6.45, 7) is 0. The Labute approximate surface area is 130 Å². The molecule has 0 saturated carbocycles. The smallest absolute Gasteiger partial charge is 0.142 e. The minimum absolute atomic E-state index is 0.150. The fourth-order valence-electron chi connectivity index (χ4n) is 1.81. The van der Waals surface area contributed by atoms with E-state index in [9.17, 15) is 9.50 Å². The van der Waals surface area contributed by atoms with Gasteiger partial charge in [-0.15, -0.1) is 0 Å². The van der Waals surface area contributed by atoms with Gasteiger partial charge in [-0.1, -0.05) is 46.9 Å². The molecule has 2 rings (SSSR count). The lowest BCUT2D eigenvalue weighted by Gasteiger charge is -2.16. The molecule has 0 bridgehead atoms. The molecule has 1 N–H and O–H groups in total. The molecule has 2 aromatic rings. The van der Waals surface area contributed by atoms with E-state index in [0.717, 1.165) is 0 Å². The van der Waals surface area contributed by atoms with E-state index >= 15 is 0 Å². The Balaban J connectivity index is 2.51. The number of hydrogen-bond acceptors (Lipinski definition) is 2. The van der Waals surface area contributed by atoms with Crippen LogP contribution in [0.25, 0.3) is 0 Å². The van der Waals surface area contributed by atoms with E-state index in [1.807, 2.05) is 0 Å². The maximum atomic E-state index is 13.4. The molecule has 0 aliphatic rings. The van der Waals surface area contributed by atoms with Gasteiger partial charge in [-0.2, -0.15) is 0 Å². The number of methoxy groups -OCH3 is 1. The van der Waals surface area contributed by atoms with Crippen molar-refractivity contribution in [3.8, 4) is 5.75 Å².